The second kappa shape index (κ2) is 3.22. The molecule has 3 nitrogen and oxygen atoms in total. The van der Waals surface area contributed by atoms with E-state index >= 15 is 0 Å². The van der Waals surface area contributed by atoms with Crippen LogP contribution in [0.1, 0.15) is 27.2 Å². The van der Waals surface area contributed by atoms with Gasteiger partial charge in [0.05, 0.1) is 0 Å². The number of carbonyl (C=O) groups excluding carboxylic acids is 1. The van der Waals surface area contributed by atoms with Crippen molar-refractivity contribution in [2.45, 2.75) is 39.6 Å². The Bertz CT molecular complexity index is 153. The molecular weight excluding hydrogens is 144 g/mol. The molecule has 0 aromatic heterocycles. The molecule has 0 saturated carbocycles. The Kier molecular flexibility index (Phi) is 2.49. The molecule has 0 aromatic rings. The van der Waals surface area contributed by atoms with Crippen LogP contribution in [0.15, 0.2) is 0 Å². The van der Waals surface area contributed by atoms with Gasteiger partial charge < -0.3 is 9.47 Å². The molecule has 1 heterocycles. The highest BCUT2D eigenvalue weighted by molar-refractivity contribution is 5.76. The van der Waals surface area contributed by atoms with Gasteiger partial charge in [0.15, 0.2) is 6.10 Å². The molecule has 3 heteroatoms. The van der Waals surface area contributed by atoms with Gasteiger partial charge in [-0.1, -0.05) is 20.8 Å². The van der Waals surface area contributed by atoms with Gasteiger partial charge in [0, 0.05) is 5.92 Å². The summed E-state index contributed by atoms with van der Waals surface area (Å²) in [7, 11) is 0. The van der Waals surface area contributed by atoms with Gasteiger partial charge in [-0.15, -0.1) is 0 Å². The van der Waals surface area contributed by atoms with Crippen molar-refractivity contribution < 1.29 is 14.3 Å². The quantitative estimate of drug-likeness (QED) is 0.568. The van der Waals surface area contributed by atoms with Crippen LogP contribution in [0, 0.1) is 5.92 Å². The Balaban J connectivity index is 2.49. The van der Waals surface area contributed by atoms with Gasteiger partial charge in [0.1, 0.15) is 0 Å². The van der Waals surface area contributed by atoms with Gasteiger partial charge >= 0.3 is 5.97 Å². The highest BCUT2D eigenvalue weighted by Gasteiger charge is 2.35. The van der Waals surface area contributed by atoms with E-state index in [-0.39, 0.29) is 24.3 Å². The minimum atomic E-state index is -0.331. The Morgan fingerprint density at radius 3 is 2.45 bits per heavy atom. The Labute approximate surface area is 66.7 Å². The summed E-state index contributed by atoms with van der Waals surface area (Å²) < 4.78 is 10.3. The summed E-state index contributed by atoms with van der Waals surface area (Å²) in [6.07, 6.45) is 0.0389. The van der Waals surface area contributed by atoms with Crippen molar-refractivity contribution in [3.8, 4) is 0 Å². The summed E-state index contributed by atoms with van der Waals surface area (Å²) in [6, 6.07) is 0. The first-order valence-corrected chi connectivity index (χ1v) is 4.01. The lowest BCUT2D eigenvalue weighted by atomic mass is 10.2. The Hall–Kier alpha value is -0.570. The SMILES string of the molecule is CC[C@H]1O[C@@H](C(C)C)OC1=O. The first kappa shape index (κ1) is 8.53. The third-order valence-electron chi connectivity index (χ3n) is 1.71. The zero-order valence-electron chi connectivity index (χ0n) is 7.16. The van der Waals surface area contributed by atoms with Crippen LogP contribution < -0.4 is 0 Å². The Morgan fingerprint density at radius 1 is 1.55 bits per heavy atom. The smallest absolute Gasteiger partial charge is 0.337 e. The van der Waals surface area contributed by atoms with Crippen molar-refractivity contribution in [1.82, 2.24) is 0 Å². The monoisotopic (exact) mass is 158 g/mol. The van der Waals surface area contributed by atoms with E-state index in [1.54, 1.807) is 0 Å². The van der Waals surface area contributed by atoms with Gasteiger partial charge in [0.2, 0.25) is 6.29 Å². The van der Waals surface area contributed by atoms with Crippen LogP contribution in [0.2, 0.25) is 0 Å². The van der Waals surface area contributed by atoms with Crippen LogP contribution in [0.5, 0.6) is 0 Å². The maximum absolute atomic E-state index is 11.0. The van der Waals surface area contributed by atoms with E-state index in [0.29, 0.717) is 6.42 Å². The van der Waals surface area contributed by atoms with Gasteiger partial charge in [-0.05, 0) is 6.42 Å². The van der Waals surface area contributed by atoms with E-state index in [0.717, 1.165) is 0 Å². The van der Waals surface area contributed by atoms with Crippen molar-refractivity contribution in [2.24, 2.45) is 5.92 Å². The molecule has 0 amide bonds. The maximum Gasteiger partial charge on any atom is 0.337 e. The molecule has 0 bridgehead atoms. The van der Waals surface area contributed by atoms with Crippen LogP contribution in [0.4, 0.5) is 0 Å². The Morgan fingerprint density at radius 2 is 2.18 bits per heavy atom. The molecule has 1 fully saturated rings. The van der Waals surface area contributed by atoms with Crippen molar-refractivity contribution in [2.75, 3.05) is 0 Å². The second-order valence-electron chi connectivity index (χ2n) is 3.08. The van der Waals surface area contributed by atoms with Crippen molar-refractivity contribution in [1.29, 1.82) is 0 Å². The lowest BCUT2D eigenvalue weighted by Gasteiger charge is -2.11. The summed E-state index contributed by atoms with van der Waals surface area (Å²) in [5.74, 6) is 0.0294. The highest BCUT2D eigenvalue weighted by atomic mass is 16.8. The number of carbonyl (C=O) groups is 1. The summed E-state index contributed by atoms with van der Waals surface area (Å²) in [6.45, 7) is 5.85. The average Bonchev–Trinajstić information content (AvgIpc) is 2.31. The zero-order valence-corrected chi connectivity index (χ0v) is 7.16. The molecule has 1 aliphatic heterocycles. The van der Waals surface area contributed by atoms with E-state index in [9.17, 15) is 4.79 Å². The number of cyclic esters (lactones) is 1. The van der Waals surface area contributed by atoms with E-state index in [2.05, 4.69) is 0 Å². The molecule has 1 saturated heterocycles. The topological polar surface area (TPSA) is 35.5 Å². The minimum Gasteiger partial charge on any atom is -0.434 e. The van der Waals surface area contributed by atoms with Crippen molar-refractivity contribution in [3.63, 3.8) is 0 Å². The van der Waals surface area contributed by atoms with E-state index in [1.807, 2.05) is 20.8 Å². The van der Waals surface area contributed by atoms with Crippen LogP contribution in [0.3, 0.4) is 0 Å². The normalized spacial score (nSPS) is 31.1. The molecule has 0 spiro atoms. The third-order valence-corrected chi connectivity index (χ3v) is 1.71. The summed E-state index contributed by atoms with van der Waals surface area (Å²) >= 11 is 0. The maximum atomic E-state index is 11.0. The fraction of sp³-hybridized carbons (Fsp3) is 0.875. The molecule has 0 aliphatic carbocycles. The fourth-order valence-corrected chi connectivity index (χ4v) is 0.992. The zero-order chi connectivity index (χ0) is 8.43. The van der Waals surface area contributed by atoms with E-state index in [4.69, 9.17) is 9.47 Å². The van der Waals surface area contributed by atoms with Crippen molar-refractivity contribution in [3.05, 3.63) is 0 Å². The van der Waals surface area contributed by atoms with Crippen LogP contribution in [-0.2, 0) is 14.3 Å². The van der Waals surface area contributed by atoms with Crippen molar-refractivity contribution >= 4 is 5.97 Å². The fourth-order valence-electron chi connectivity index (χ4n) is 0.992. The molecule has 2 atom stereocenters. The molecule has 0 N–H and O–H groups in total. The van der Waals surface area contributed by atoms with Gasteiger partial charge in [-0.25, -0.2) is 4.79 Å². The summed E-state index contributed by atoms with van der Waals surface area (Å²) in [4.78, 5) is 11.0. The highest BCUT2D eigenvalue weighted by Crippen LogP contribution is 2.21. The van der Waals surface area contributed by atoms with Gasteiger partial charge in [-0.3, -0.25) is 0 Å². The molecule has 0 unspecified atom stereocenters. The largest absolute Gasteiger partial charge is 0.434 e. The number of hydrogen-bond acceptors (Lipinski definition) is 3. The number of esters is 1. The number of ether oxygens (including phenoxy) is 2. The summed E-state index contributed by atoms with van der Waals surface area (Å²) in [5.41, 5.74) is 0. The molecule has 0 aromatic carbocycles. The lowest BCUT2D eigenvalue weighted by Crippen LogP contribution is -2.17. The molecule has 1 aliphatic rings. The predicted octanol–water partition coefficient (Wildman–Crippen LogP) is 1.32. The first-order valence-electron chi connectivity index (χ1n) is 4.01. The lowest BCUT2D eigenvalue weighted by molar-refractivity contribution is -0.146. The minimum absolute atomic E-state index is 0.216. The van der Waals surface area contributed by atoms with Crippen LogP contribution in [-0.4, -0.2) is 18.4 Å². The summed E-state index contributed by atoms with van der Waals surface area (Å²) in [5, 5.41) is 0. The number of hydrogen-bond donors (Lipinski definition) is 0. The second-order valence-corrected chi connectivity index (χ2v) is 3.08. The molecule has 1 rings (SSSR count). The molecule has 0 radical (unpaired) electrons. The van der Waals surface area contributed by atoms with E-state index < -0.39 is 0 Å². The average molecular weight is 158 g/mol. The van der Waals surface area contributed by atoms with Crippen LogP contribution >= 0.6 is 0 Å². The molecular formula is C8H14O3. The number of rotatable bonds is 2. The predicted molar refractivity (Wildman–Crippen MR) is 39.9 cm³/mol. The van der Waals surface area contributed by atoms with Crippen LogP contribution in [0.25, 0.3) is 0 Å². The van der Waals surface area contributed by atoms with Gasteiger partial charge in [-0.2, -0.15) is 0 Å². The molecule has 11 heavy (non-hydrogen) atoms. The van der Waals surface area contributed by atoms with E-state index in [1.165, 1.54) is 0 Å². The molecule has 64 valence electrons. The first-order chi connectivity index (χ1) is 5.15. The van der Waals surface area contributed by atoms with Gasteiger partial charge in [0.25, 0.3) is 0 Å². The third kappa shape index (κ3) is 1.71. The standard InChI is InChI=1S/C8H14O3/c1-4-6-7(9)11-8(10-6)5(2)3/h5-6,8H,4H2,1-3H3/t6-,8-/m1/s1.